The van der Waals surface area contributed by atoms with E-state index >= 15 is 0 Å². The fourth-order valence-electron chi connectivity index (χ4n) is 2.76. The highest BCUT2D eigenvalue weighted by Gasteiger charge is 2.24. The van der Waals surface area contributed by atoms with E-state index < -0.39 is 0 Å². The van der Waals surface area contributed by atoms with Gasteiger partial charge in [0.1, 0.15) is 11.5 Å². The molecule has 1 aromatic carbocycles. The van der Waals surface area contributed by atoms with Crippen LogP contribution in [0.3, 0.4) is 0 Å². The van der Waals surface area contributed by atoms with E-state index in [-0.39, 0.29) is 6.04 Å². The van der Waals surface area contributed by atoms with Crippen molar-refractivity contribution in [2.75, 3.05) is 48.1 Å². The van der Waals surface area contributed by atoms with Gasteiger partial charge in [-0.1, -0.05) is 6.07 Å². The molecule has 0 amide bonds. The number of benzene rings is 1. The lowest BCUT2D eigenvalue weighted by Crippen LogP contribution is -2.38. The van der Waals surface area contributed by atoms with Crippen molar-refractivity contribution in [3.63, 3.8) is 0 Å². The summed E-state index contributed by atoms with van der Waals surface area (Å²) in [5.41, 5.74) is 1.14. The Labute approximate surface area is 127 Å². The van der Waals surface area contributed by atoms with Gasteiger partial charge >= 0.3 is 0 Å². The Hall–Kier alpha value is -1.30. The smallest absolute Gasteiger partial charge is 0.127 e. The monoisotopic (exact) mass is 294 g/mol. The molecule has 0 spiro atoms. The Morgan fingerprint density at radius 1 is 1.38 bits per heavy atom. The van der Waals surface area contributed by atoms with Gasteiger partial charge in [-0.2, -0.15) is 0 Å². The molecule has 5 heteroatoms. The molecule has 1 aliphatic heterocycles. The largest absolute Gasteiger partial charge is 0.497 e. The molecule has 2 atom stereocenters. The standard InChI is InChI=1S/C16H26N2O3/c1-17-15(10-18(2)12-7-8-21-11-12)14-6-5-13(19-3)9-16(14)20-4/h5-6,9,12,15,17H,7-8,10-11H2,1-4H3. The average molecular weight is 294 g/mol. The quantitative estimate of drug-likeness (QED) is 0.829. The molecule has 118 valence electrons. The van der Waals surface area contributed by atoms with E-state index in [4.69, 9.17) is 14.2 Å². The van der Waals surface area contributed by atoms with E-state index in [0.29, 0.717) is 6.04 Å². The summed E-state index contributed by atoms with van der Waals surface area (Å²) in [6.07, 6.45) is 1.10. The Balaban J connectivity index is 2.12. The summed E-state index contributed by atoms with van der Waals surface area (Å²) in [5, 5.41) is 3.38. The average Bonchev–Trinajstić information content (AvgIpc) is 3.06. The molecular formula is C16H26N2O3. The molecular weight excluding hydrogens is 268 g/mol. The van der Waals surface area contributed by atoms with Crippen LogP contribution >= 0.6 is 0 Å². The molecule has 1 aliphatic rings. The first-order valence-electron chi connectivity index (χ1n) is 7.36. The minimum absolute atomic E-state index is 0.205. The van der Waals surface area contributed by atoms with Gasteiger partial charge in [-0.15, -0.1) is 0 Å². The third kappa shape index (κ3) is 3.87. The van der Waals surface area contributed by atoms with Gasteiger partial charge in [0.2, 0.25) is 0 Å². The topological polar surface area (TPSA) is 43.0 Å². The van der Waals surface area contributed by atoms with E-state index in [1.165, 1.54) is 0 Å². The SMILES string of the molecule is CNC(CN(C)C1CCOC1)c1ccc(OC)cc1OC. The van der Waals surface area contributed by atoms with Crippen LogP contribution < -0.4 is 14.8 Å². The number of hydrogen-bond donors (Lipinski definition) is 1. The first-order chi connectivity index (χ1) is 10.2. The van der Waals surface area contributed by atoms with Crippen LogP contribution in [0.1, 0.15) is 18.0 Å². The van der Waals surface area contributed by atoms with Crippen molar-refractivity contribution in [3.8, 4) is 11.5 Å². The zero-order valence-electron chi connectivity index (χ0n) is 13.4. The lowest BCUT2D eigenvalue weighted by atomic mass is 10.0. The Morgan fingerprint density at radius 2 is 2.19 bits per heavy atom. The molecule has 0 saturated carbocycles. The molecule has 0 aliphatic carbocycles. The lowest BCUT2D eigenvalue weighted by molar-refractivity contribution is 0.153. The molecule has 2 unspecified atom stereocenters. The molecule has 21 heavy (non-hydrogen) atoms. The van der Waals surface area contributed by atoms with Crippen LogP contribution in [-0.2, 0) is 4.74 Å². The van der Waals surface area contributed by atoms with Gasteiger partial charge in [0.15, 0.2) is 0 Å². The summed E-state index contributed by atoms with van der Waals surface area (Å²) >= 11 is 0. The second kappa shape index (κ2) is 7.64. The predicted octanol–water partition coefficient (Wildman–Crippen LogP) is 1.68. The van der Waals surface area contributed by atoms with Crippen molar-refractivity contribution >= 4 is 0 Å². The minimum Gasteiger partial charge on any atom is -0.497 e. The Kier molecular flexibility index (Phi) is 5.85. The maximum Gasteiger partial charge on any atom is 0.127 e. The first-order valence-corrected chi connectivity index (χ1v) is 7.36. The van der Waals surface area contributed by atoms with Crippen molar-refractivity contribution in [2.45, 2.75) is 18.5 Å². The van der Waals surface area contributed by atoms with E-state index in [2.05, 4.69) is 23.3 Å². The van der Waals surface area contributed by atoms with Crippen molar-refractivity contribution in [2.24, 2.45) is 0 Å². The molecule has 1 saturated heterocycles. The summed E-state index contributed by atoms with van der Waals surface area (Å²) in [6, 6.07) is 6.68. The maximum atomic E-state index is 5.51. The minimum atomic E-state index is 0.205. The van der Waals surface area contributed by atoms with Crippen molar-refractivity contribution in [1.29, 1.82) is 0 Å². The third-order valence-electron chi connectivity index (χ3n) is 4.16. The highest BCUT2D eigenvalue weighted by molar-refractivity contribution is 5.42. The molecule has 1 N–H and O–H groups in total. The van der Waals surface area contributed by atoms with Crippen LogP contribution in [0.15, 0.2) is 18.2 Å². The number of nitrogens with zero attached hydrogens (tertiary/aromatic N) is 1. The molecule has 0 radical (unpaired) electrons. The summed E-state index contributed by atoms with van der Waals surface area (Å²) in [5.74, 6) is 1.66. The molecule has 2 rings (SSSR count). The van der Waals surface area contributed by atoms with E-state index in [0.717, 1.165) is 43.2 Å². The van der Waals surface area contributed by atoms with Gasteiger partial charge in [0.05, 0.1) is 20.8 Å². The normalized spacial score (nSPS) is 19.8. The first kappa shape index (κ1) is 16.1. The fourth-order valence-corrected chi connectivity index (χ4v) is 2.76. The summed E-state index contributed by atoms with van der Waals surface area (Å²) < 4.78 is 16.2. The van der Waals surface area contributed by atoms with Crippen LogP contribution in [0, 0.1) is 0 Å². The van der Waals surface area contributed by atoms with Crippen LogP contribution in [-0.4, -0.2) is 59.0 Å². The van der Waals surface area contributed by atoms with Crippen molar-refractivity contribution in [3.05, 3.63) is 23.8 Å². The Morgan fingerprint density at radius 3 is 2.76 bits per heavy atom. The van der Waals surface area contributed by atoms with Gasteiger partial charge < -0.3 is 19.5 Å². The highest BCUT2D eigenvalue weighted by Crippen LogP contribution is 2.30. The van der Waals surface area contributed by atoms with Crippen molar-refractivity contribution < 1.29 is 14.2 Å². The molecule has 1 heterocycles. The summed E-state index contributed by atoms with van der Waals surface area (Å²) in [7, 11) is 7.49. The van der Waals surface area contributed by atoms with Gasteiger partial charge in [-0.25, -0.2) is 0 Å². The fraction of sp³-hybridized carbons (Fsp3) is 0.625. The van der Waals surface area contributed by atoms with Gasteiger partial charge in [0, 0.05) is 36.9 Å². The number of ether oxygens (including phenoxy) is 3. The Bertz CT molecular complexity index is 447. The number of nitrogens with one attached hydrogen (secondary N) is 1. The number of rotatable bonds is 7. The van der Waals surface area contributed by atoms with Crippen LogP contribution in [0.5, 0.6) is 11.5 Å². The summed E-state index contributed by atoms with van der Waals surface area (Å²) in [6.45, 7) is 2.60. The second-order valence-corrected chi connectivity index (χ2v) is 5.41. The molecule has 0 bridgehead atoms. The number of methoxy groups -OCH3 is 2. The van der Waals surface area contributed by atoms with Crippen LogP contribution in [0.4, 0.5) is 0 Å². The van der Waals surface area contributed by atoms with Gasteiger partial charge in [-0.05, 0) is 26.6 Å². The zero-order chi connectivity index (χ0) is 15.2. The third-order valence-corrected chi connectivity index (χ3v) is 4.16. The lowest BCUT2D eigenvalue weighted by Gasteiger charge is -2.29. The zero-order valence-corrected chi connectivity index (χ0v) is 13.4. The van der Waals surface area contributed by atoms with E-state index in [1.54, 1.807) is 14.2 Å². The number of hydrogen-bond acceptors (Lipinski definition) is 5. The second-order valence-electron chi connectivity index (χ2n) is 5.41. The van der Waals surface area contributed by atoms with E-state index in [1.807, 2.05) is 19.2 Å². The van der Waals surface area contributed by atoms with Crippen molar-refractivity contribution in [1.82, 2.24) is 10.2 Å². The number of likely N-dealkylation sites (N-methyl/N-ethyl adjacent to an activating group) is 2. The highest BCUT2D eigenvalue weighted by atomic mass is 16.5. The van der Waals surface area contributed by atoms with E-state index in [9.17, 15) is 0 Å². The maximum absolute atomic E-state index is 5.51. The summed E-state index contributed by atoms with van der Waals surface area (Å²) in [4.78, 5) is 2.36. The predicted molar refractivity (Wildman–Crippen MR) is 83.2 cm³/mol. The van der Waals surface area contributed by atoms with Crippen LogP contribution in [0.25, 0.3) is 0 Å². The molecule has 0 aromatic heterocycles. The molecule has 5 nitrogen and oxygen atoms in total. The van der Waals surface area contributed by atoms with Crippen LogP contribution in [0.2, 0.25) is 0 Å². The van der Waals surface area contributed by atoms with Gasteiger partial charge in [-0.3, -0.25) is 4.90 Å². The molecule has 1 fully saturated rings. The van der Waals surface area contributed by atoms with Gasteiger partial charge in [0.25, 0.3) is 0 Å². The molecule has 1 aromatic rings.